The molecule has 3 aromatic carbocycles. The molecule has 0 amide bonds. The number of hydrogen-bond acceptors (Lipinski definition) is 3. The van der Waals surface area contributed by atoms with Crippen LogP contribution in [0.15, 0.2) is 84.9 Å². The van der Waals surface area contributed by atoms with E-state index >= 15 is 0 Å². The summed E-state index contributed by atoms with van der Waals surface area (Å²) in [5.74, 6) is 0.921. The summed E-state index contributed by atoms with van der Waals surface area (Å²) >= 11 is 0. The molecule has 0 aliphatic heterocycles. The minimum atomic E-state index is -0.280. The lowest BCUT2D eigenvalue weighted by Gasteiger charge is -2.22. The third kappa shape index (κ3) is 7.81. The van der Waals surface area contributed by atoms with Crippen LogP contribution in [-0.2, 0) is 22.4 Å². The van der Waals surface area contributed by atoms with Gasteiger partial charge in [0.2, 0.25) is 0 Å². The number of rotatable bonds is 10. The van der Waals surface area contributed by atoms with Crippen molar-refractivity contribution in [3.8, 4) is 5.75 Å². The van der Waals surface area contributed by atoms with Crippen molar-refractivity contribution in [2.75, 3.05) is 0 Å². The number of Topliss-reactive ketones (excluding diaryl/α,β-unsaturated/α-hetero) is 2. The van der Waals surface area contributed by atoms with Crippen molar-refractivity contribution in [1.82, 2.24) is 0 Å². The summed E-state index contributed by atoms with van der Waals surface area (Å²) in [7, 11) is 0. The molecule has 0 saturated heterocycles. The van der Waals surface area contributed by atoms with E-state index in [-0.39, 0.29) is 23.1 Å². The second kappa shape index (κ2) is 10.9. The van der Waals surface area contributed by atoms with Crippen molar-refractivity contribution in [3.05, 3.63) is 102 Å². The molecule has 0 heterocycles. The topological polar surface area (TPSA) is 43.4 Å². The number of hydrogen-bond donors (Lipinski definition) is 0. The van der Waals surface area contributed by atoms with Crippen LogP contribution in [0.4, 0.5) is 0 Å². The van der Waals surface area contributed by atoms with Crippen molar-refractivity contribution in [2.24, 2.45) is 0 Å². The smallest absolute Gasteiger partial charge is 0.137 e. The van der Waals surface area contributed by atoms with Crippen LogP contribution in [0.1, 0.15) is 56.2 Å². The highest BCUT2D eigenvalue weighted by Gasteiger charge is 2.21. The molecule has 166 valence electrons. The average molecular weight is 429 g/mol. The van der Waals surface area contributed by atoms with Gasteiger partial charge in [-0.1, -0.05) is 72.8 Å². The normalized spacial score (nSPS) is 11.4. The Kier molecular flexibility index (Phi) is 7.99. The van der Waals surface area contributed by atoms with Crippen LogP contribution in [0.5, 0.6) is 5.75 Å². The van der Waals surface area contributed by atoms with Gasteiger partial charge in [-0.25, -0.2) is 0 Å². The van der Waals surface area contributed by atoms with Gasteiger partial charge in [0.15, 0.2) is 0 Å². The zero-order valence-corrected chi connectivity index (χ0v) is 19.2. The van der Waals surface area contributed by atoms with Gasteiger partial charge in [0.25, 0.3) is 0 Å². The fourth-order valence-electron chi connectivity index (χ4n) is 3.81. The molecule has 0 radical (unpaired) electrons. The first-order valence-electron chi connectivity index (χ1n) is 11.2. The Morgan fingerprint density at radius 3 is 1.53 bits per heavy atom. The number of carbonyl (C=O) groups is 2. The first-order chi connectivity index (χ1) is 15.3. The van der Waals surface area contributed by atoms with E-state index in [1.165, 1.54) is 0 Å². The van der Waals surface area contributed by atoms with Crippen molar-refractivity contribution in [1.29, 1.82) is 0 Å². The van der Waals surface area contributed by atoms with Gasteiger partial charge in [0, 0.05) is 25.7 Å². The first-order valence-corrected chi connectivity index (χ1v) is 11.2. The molecular weight excluding hydrogens is 396 g/mol. The Morgan fingerprint density at radius 2 is 1.12 bits per heavy atom. The van der Waals surface area contributed by atoms with Crippen LogP contribution < -0.4 is 4.74 Å². The fourth-order valence-corrected chi connectivity index (χ4v) is 3.81. The number of ether oxygens (including phenoxy) is 1. The van der Waals surface area contributed by atoms with E-state index in [2.05, 4.69) is 0 Å². The van der Waals surface area contributed by atoms with E-state index in [0.717, 1.165) is 22.4 Å². The number of carbonyl (C=O) groups excluding carboxylic acids is 2. The highest BCUT2D eigenvalue weighted by molar-refractivity contribution is 5.85. The summed E-state index contributed by atoms with van der Waals surface area (Å²) in [5.41, 5.74) is 2.72. The van der Waals surface area contributed by atoms with Gasteiger partial charge >= 0.3 is 0 Å². The number of ketones is 2. The SMILES string of the molecule is CC(C)(C)Oc1ccc(C(CC(=O)Cc2ccccc2)CC(=O)Cc2ccccc2)cc1. The zero-order valence-electron chi connectivity index (χ0n) is 19.2. The third-order valence-corrected chi connectivity index (χ3v) is 5.21. The lowest BCUT2D eigenvalue weighted by atomic mass is 9.86. The van der Waals surface area contributed by atoms with Gasteiger partial charge in [-0.15, -0.1) is 0 Å². The molecule has 32 heavy (non-hydrogen) atoms. The lowest BCUT2D eigenvalue weighted by molar-refractivity contribution is -0.120. The molecule has 0 bridgehead atoms. The molecule has 0 atom stereocenters. The Balaban J connectivity index is 1.73. The van der Waals surface area contributed by atoms with E-state index < -0.39 is 0 Å². The van der Waals surface area contributed by atoms with E-state index in [9.17, 15) is 9.59 Å². The quantitative estimate of drug-likeness (QED) is 0.378. The molecule has 0 aliphatic carbocycles. The molecule has 3 rings (SSSR count). The van der Waals surface area contributed by atoms with Gasteiger partial charge in [-0.05, 0) is 55.5 Å². The van der Waals surface area contributed by atoms with Crippen molar-refractivity contribution < 1.29 is 14.3 Å². The Morgan fingerprint density at radius 1 is 0.688 bits per heavy atom. The summed E-state index contributed by atoms with van der Waals surface area (Å²) < 4.78 is 5.92. The summed E-state index contributed by atoms with van der Waals surface area (Å²) in [5, 5.41) is 0. The van der Waals surface area contributed by atoms with Crippen LogP contribution >= 0.6 is 0 Å². The predicted molar refractivity (Wildman–Crippen MR) is 129 cm³/mol. The summed E-state index contributed by atoms with van der Waals surface area (Å²) in [6, 6.07) is 27.3. The molecule has 3 nitrogen and oxygen atoms in total. The maximum atomic E-state index is 12.9. The summed E-state index contributed by atoms with van der Waals surface area (Å²) in [6.45, 7) is 6.02. The van der Waals surface area contributed by atoms with Crippen LogP contribution in [0.3, 0.4) is 0 Å². The second-order valence-corrected chi connectivity index (χ2v) is 9.29. The van der Waals surface area contributed by atoms with Gasteiger partial charge in [-0.2, -0.15) is 0 Å². The molecule has 3 heteroatoms. The molecule has 3 aromatic rings. The standard InChI is InChI=1S/C29H32O3/c1-29(2,3)32-28-16-14-24(15-17-28)25(20-26(30)18-22-10-6-4-7-11-22)21-27(31)19-23-12-8-5-9-13-23/h4-17,25H,18-21H2,1-3H3. The van der Waals surface area contributed by atoms with Crippen LogP contribution in [-0.4, -0.2) is 17.2 Å². The largest absolute Gasteiger partial charge is 0.488 e. The van der Waals surface area contributed by atoms with Crippen LogP contribution in [0.25, 0.3) is 0 Å². The van der Waals surface area contributed by atoms with Crippen LogP contribution in [0, 0.1) is 0 Å². The Bertz CT molecular complexity index is 944. The highest BCUT2D eigenvalue weighted by atomic mass is 16.5. The van der Waals surface area contributed by atoms with Gasteiger partial charge in [-0.3, -0.25) is 9.59 Å². The van der Waals surface area contributed by atoms with Crippen molar-refractivity contribution in [2.45, 2.75) is 58.0 Å². The molecule has 0 unspecified atom stereocenters. The van der Waals surface area contributed by atoms with Gasteiger partial charge < -0.3 is 4.74 Å². The van der Waals surface area contributed by atoms with Gasteiger partial charge in [0.05, 0.1) is 0 Å². The highest BCUT2D eigenvalue weighted by Crippen LogP contribution is 2.28. The van der Waals surface area contributed by atoms with Crippen molar-refractivity contribution >= 4 is 11.6 Å². The van der Waals surface area contributed by atoms with Gasteiger partial charge in [0.1, 0.15) is 22.9 Å². The van der Waals surface area contributed by atoms with E-state index in [0.29, 0.717) is 25.7 Å². The summed E-state index contributed by atoms with van der Waals surface area (Å²) in [6.07, 6.45) is 1.45. The maximum Gasteiger partial charge on any atom is 0.137 e. The number of benzene rings is 3. The fraction of sp³-hybridized carbons (Fsp3) is 0.310. The minimum Gasteiger partial charge on any atom is -0.488 e. The Hall–Kier alpha value is -3.20. The molecule has 0 N–H and O–H groups in total. The predicted octanol–water partition coefficient (Wildman–Crippen LogP) is 6.35. The first kappa shape index (κ1) is 23.5. The van der Waals surface area contributed by atoms with E-state index in [1.54, 1.807) is 0 Å². The van der Waals surface area contributed by atoms with Crippen molar-refractivity contribution in [3.63, 3.8) is 0 Å². The van der Waals surface area contributed by atoms with E-state index in [4.69, 9.17) is 4.74 Å². The minimum absolute atomic E-state index is 0.142. The Labute approximate surface area is 191 Å². The zero-order chi connectivity index (χ0) is 23.0. The average Bonchev–Trinajstić information content (AvgIpc) is 2.74. The second-order valence-electron chi connectivity index (χ2n) is 9.29. The molecule has 0 aromatic heterocycles. The van der Waals surface area contributed by atoms with E-state index in [1.807, 2.05) is 106 Å². The lowest BCUT2D eigenvalue weighted by Crippen LogP contribution is -2.22. The molecule has 0 spiro atoms. The summed E-state index contributed by atoms with van der Waals surface area (Å²) in [4.78, 5) is 25.7. The molecular formula is C29H32O3. The molecule has 0 saturated carbocycles. The molecule has 0 fully saturated rings. The third-order valence-electron chi connectivity index (χ3n) is 5.21. The monoisotopic (exact) mass is 428 g/mol. The van der Waals surface area contributed by atoms with Crippen LogP contribution in [0.2, 0.25) is 0 Å². The maximum absolute atomic E-state index is 12.9. The molecule has 0 aliphatic rings.